The van der Waals surface area contributed by atoms with Crippen LogP contribution in [0.15, 0.2) is 24.3 Å². The van der Waals surface area contributed by atoms with Crippen LogP contribution >= 0.6 is 0 Å². The van der Waals surface area contributed by atoms with Crippen LogP contribution in [0.4, 0.5) is 10.5 Å². The topological polar surface area (TPSA) is 65.1 Å². The molecule has 5 rings (SSSR count). The molecule has 1 spiro atoms. The van der Waals surface area contributed by atoms with E-state index in [2.05, 4.69) is 0 Å². The van der Waals surface area contributed by atoms with Gasteiger partial charge >= 0.3 is 6.09 Å². The largest absolute Gasteiger partial charge is 0.452 e. The summed E-state index contributed by atoms with van der Waals surface area (Å²) in [7, 11) is 1.35. The number of carbonyl (C=O) groups is 2. The highest BCUT2D eigenvalue weighted by molar-refractivity contribution is 6.09. The van der Waals surface area contributed by atoms with E-state index in [4.69, 9.17) is 14.2 Å². The Bertz CT molecular complexity index is 828. The molecule has 144 valence electrons. The molecule has 2 aliphatic heterocycles. The molecule has 2 heterocycles. The maximum absolute atomic E-state index is 12.8. The maximum atomic E-state index is 12.8. The number of amides is 1. The Balaban J connectivity index is 1.65. The predicted octanol–water partition coefficient (Wildman–Crippen LogP) is 3.32. The number of hydrogen-bond acceptors (Lipinski definition) is 5. The minimum atomic E-state index is -0.591. The summed E-state index contributed by atoms with van der Waals surface area (Å²) >= 11 is 0. The summed E-state index contributed by atoms with van der Waals surface area (Å²) < 4.78 is 18.1. The van der Waals surface area contributed by atoms with E-state index in [1.54, 1.807) is 0 Å². The SMILES string of the molecule is COC(=O)N1c2ccccc2[C@@]2([C@H]3OC4(CCCC4)OC3(C)C)CC(=O)[C@@H]12. The van der Waals surface area contributed by atoms with Crippen molar-refractivity contribution in [1.82, 2.24) is 0 Å². The van der Waals surface area contributed by atoms with Gasteiger partial charge in [0.15, 0.2) is 11.6 Å². The van der Waals surface area contributed by atoms with E-state index in [-0.39, 0.29) is 11.9 Å². The fraction of sp³-hybridized carbons (Fsp3) is 0.619. The highest BCUT2D eigenvalue weighted by Crippen LogP contribution is 2.62. The third kappa shape index (κ3) is 2.03. The van der Waals surface area contributed by atoms with Crippen molar-refractivity contribution in [2.24, 2.45) is 0 Å². The van der Waals surface area contributed by atoms with Gasteiger partial charge in [0.05, 0.1) is 23.8 Å². The van der Waals surface area contributed by atoms with Crippen LogP contribution in [0.1, 0.15) is 51.5 Å². The highest BCUT2D eigenvalue weighted by atomic mass is 16.8. The third-order valence-corrected chi connectivity index (χ3v) is 6.80. The van der Waals surface area contributed by atoms with Crippen molar-refractivity contribution in [3.63, 3.8) is 0 Å². The van der Waals surface area contributed by atoms with Crippen molar-refractivity contribution < 1.29 is 23.8 Å². The molecule has 6 heteroatoms. The number of fused-ring (bicyclic) bond motifs is 3. The highest BCUT2D eigenvalue weighted by Gasteiger charge is 2.73. The Kier molecular flexibility index (Phi) is 3.39. The lowest BCUT2D eigenvalue weighted by molar-refractivity contribution is -0.185. The summed E-state index contributed by atoms with van der Waals surface area (Å²) in [6.45, 7) is 4.09. The minimum absolute atomic E-state index is 0.0448. The average molecular weight is 371 g/mol. The molecule has 0 radical (unpaired) electrons. The average Bonchev–Trinajstić information content (AvgIpc) is 3.26. The number of carbonyl (C=O) groups excluding carboxylic acids is 2. The first-order valence-corrected chi connectivity index (χ1v) is 9.72. The van der Waals surface area contributed by atoms with Gasteiger partial charge in [-0.25, -0.2) is 4.79 Å². The lowest BCUT2D eigenvalue weighted by atomic mass is 9.56. The van der Waals surface area contributed by atoms with Crippen LogP contribution in [0.25, 0.3) is 0 Å². The van der Waals surface area contributed by atoms with Gasteiger partial charge in [-0.1, -0.05) is 18.2 Å². The normalized spacial score (nSPS) is 35.1. The Morgan fingerprint density at radius 2 is 1.93 bits per heavy atom. The summed E-state index contributed by atoms with van der Waals surface area (Å²) in [6, 6.07) is 7.14. The first kappa shape index (κ1) is 17.2. The van der Waals surface area contributed by atoms with E-state index >= 15 is 0 Å². The molecule has 0 bridgehead atoms. The Hall–Kier alpha value is -1.92. The lowest BCUT2D eigenvalue weighted by Crippen LogP contribution is -2.69. The van der Waals surface area contributed by atoms with Crippen LogP contribution in [0.2, 0.25) is 0 Å². The fourth-order valence-electron chi connectivity index (χ4n) is 5.92. The van der Waals surface area contributed by atoms with E-state index in [1.165, 1.54) is 12.0 Å². The predicted molar refractivity (Wildman–Crippen MR) is 97.7 cm³/mol. The van der Waals surface area contributed by atoms with Crippen molar-refractivity contribution in [2.75, 3.05) is 12.0 Å². The molecule has 0 N–H and O–H groups in total. The molecule has 1 amide bonds. The summed E-state index contributed by atoms with van der Waals surface area (Å²) in [6.07, 6.45) is 3.48. The molecule has 0 aromatic heterocycles. The smallest absolute Gasteiger partial charge is 0.414 e. The van der Waals surface area contributed by atoms with Crippen molar-refractivity contribution in [2.45, 2.75) is 74.9 Å². The van der Waals surface area contributed by atoms with Crippen LogP contribution in [-0.2, 0) is 24.4 Å². The molecule has 3 fully saturated rings. The molecule has 4 aliphatic rings. The van der Waals surface area contributed by atoms with Crippen LogP contribution in [0, 0.1) is 0 Å². The second-order valence-corrected chi connectivity index (χ2v) is 8.76. The number of hydrogen-bond donors (Lipinski definition) is 0. The van der Waals surface area contributed by atoms with E-state index in [1.807, 2.05) is 38.1 Å². The minimum Gasteiger partial charge on any atom is -0.452 e. The van der Waals surface area contributed by atoms with Crippen molar-refractivity contribution in [3.8, 4) is 0 Å². The van der Waals surface area contributed by atoms with Crippen LogP contribution < -0.4 is 4.90 Å². The summed E-state index contributed by atoms with van der Waals surface area (Å²) in [5.74, 6) is -0.511. The number of benzene rings is 1. The number of ketones is 1. The van der Waals surface area contributed by atoms with Gasteiger partial charge in [0.2, 0.25) is 0 Å². The van der Waals surface area contributed by atoms with Crippen molar-refractivity contribution >= 4 is 17.6 Å². The van der Waals surface area contributed by atoms with Crippen LogP contribution in [0.3, 0.4) is 0 Å². The first-order valence-electron chi connectivity index (χ1n) is 9.72. The van der Waals surface area contributed by atoms with E-state index in [0.29, 0.717) is 6.42 Å². The Morgan fingerprint density at radius 1 is 1.22 bits per heavy atom. The molecular weight excluding hydrogens is 346 g/mol. The number of ether oxygens (including phenoxy) is 3. The quantitative estimate of drug-likeness (QED) is 0.758. The van der Waals surface area contributed by atoms with Gasteiger partial charge in [-0.05, 0) is 38.3 Å². The molecule has 2 saturated carbocycles. The van der Waals surface area contributed by atoms with Crippen LogP contribution in [0.5, 0.6) is 0 Å². The fourth-order valence-corrected chi connectivity index (χ4v) is 5.92. The second kappa shape index (κ2) is 5.32. The number of nitrogens with zero attached hydrogens (tertiary/aromatic N) is 1. The molecule has 2 aliphatic carbocycles. The number of Topliss-reactive ketones (excluding diaryl/α,β-unsaturated/α-hetero) is 1. The summed E-state index contributed by atoms with van der Waals surface area (Å²) in [5.41, 5.74) is 0.587. The van der Waals surface area contributed by atoms with E-state index in [9.17, 15) is 9.59 Å². The van der Waals surface area contributed by atoms with Gasteiger partial charge in [-0.2, -0.15) is 0 Å². The van der Waals surface area contributed by atoms with Crippen molar-refractivity contribution in [3.05, 3.63) is 29.8 Å². The van der Waals surface area contributed by atoms with Crippen molar-refractivity contribution in [1.29, 1.82) is 0 Å². The van der Waals surface area contributed by atoms with Gasteiger partial charge in [0.1, 0.15) is 12.1 Å². The van der Waals surface area contributed by atoms with Gasteiger partial charge in [-0.15, -0.1) is 0 Å². The summed E-state index contributed by atoms with van der Waals surface area (Å²) in [5, 5.41) is 0. The zero-order valence-electron chi connectivity index (χ0n) is 16.0. The first-order chi connectivity index (χ1) is 12.8. The van der Waals surface area contributed by atoms with Gasteiger partial charge in [0.25, 0.3) is 0 Å². The van der Waals surface area contributed by atoms with Crippen LogP contribution in [-0.4, -0.2) is 42.5 Å². The molecule has 1 saturated heterocycles. The standard InChI is InChI=1S/C21H25NO5/c1-19(2)17(26-20(27-19)10-6-7-11-20)21-12-15(23)16(21)22(18(24)25-3)14-9-5-4-8-13(14)21/h4-5,8-9,16-17H,6-7,10-12H2,1-3H3/t16-,17+,21+/m1/s1. The molecular formula is C21H25NO5. The zero-order valence-corrected chi connectivity index (χ0v) is 16.0. The Labute approximate surface area is 158 Å². The van der Waals surface area contributed by atoms with Gasteiger partial charge < -0.3 is 14.2 Å². The van der Waals surface area contributed by atoms with E-state index < -0.39 is 28.9 Å². The van der Waals surface area contributed by atoms with E-state index in [0.717, 1.165) is 36.9 Å². The molecule has 0 unspecified atom stereocenters. The second-order valence-electron chi connectivity index (χ2n) is 8.76. The molecule has 6 nitrogen and oxygen atoms in total. The number of anilines is 1. The lowest BCUT2D eigenvalue weighted by Gasteiger charge is -2.51. The number of para-hydroxylation sites is 1. The zero-order chi connectivity index (χ0) is 19.0. The molecule has 1 aromatic rings. The van der Waals surface area contributed by atoms with Gasteiger partial charge in [-0.3, -0.25) is 9.69 Å². The molecule has 1 aromatic carbocycles. The number of methoxy groups -OCH3 is 1. The summed E-state index contributed by atoms with van der Waals surface area (Å²) in [4.78, 5) is 26.8. The Morgan fingerprint density at radius 3 is 2.59 bits per heavy atom. The number of rotatable bonds is 1. The third-order valence-electron chi connectivity index (χ3n) is 6.80. The maximum Gasteiger partial charge on any atom is 0.414 e. The van der Waals surface area contributed by atoms with Gasteiger partial charge in [0, 0.05) is 19.3 Å². The molecule has 27 heavy (non-hydrogen) atoms. The molecule has 3 atom stereocenters. The monoisotopic (exact) mass is 371 g/mol.